The Morgan fingerprint density at radius 2 is 1.75 bits per heavy atom. The number of benzene rings is 1. The van der Waals surface area contributed by atoms with E-state index in [2.05, 4.69) is 0 Å². The third kappa shape index (κ3) is 2.69. The lowest BCUT2D eigenvalue weighted by Crippen LogP contribution is -2.25. The molecule has 1 aromatic rings. The monoisotopic (exact) mass is 220 g/mol. The summed E-state index contributed by atoms with van der Waals surface area (Å²) in [6.45, 7) is 3.24. The van der Waals surface area contributed by atoms with Gasteiger partial charge in [0.25, 0.3) is 0 Å². The van der Waals surface area contributed by atoms with Crippen molar-refractivity contribution in [2.24, 2.45) is 5.92 Å². The summed E-state index contributed by atoms with van der Waals surface area (Å²) in [5.74, 6) is -1.26. The Bertz CT molecular complexity index is 370. The second-order valence-corrected chi connectivity index (χ2v) is 3.81. The molecule has 86 valence electrons. The number of carbonyl (C=O) groups is 2. The number of carbonyl (C=O) groups excluding carboxylic acids is 2. The van der Waals surface area contributed by atoms with Crippen molar-refractivity contribution in [1.29, 1.82) is 0 Å². The first-order chi connectivity index (χ1) is 7.57. The van der Waals surface area contributed by atoms with Crippen LogP contribution >= 0.6 is 0 Å². The zero-order valence-corrected chi connectivity index (χ0v) is 9.77. The molecule has 16 heavy (non-hydrogen) atoms. The summed E-state index contributed by atoms with van der Waals surface area (Å²) >= 11 is 0. The van der Waals surface area contributed by atoms with Crippen LogP contribution in [0.4, 0.5) is 0 Å². The van der Waals surface area contributed by atoms with Crippen LogP contribution in [0, 0.1) is 5.92 Å². The van der Waals surface area contributed by atoms with E-state index in [4.69, 9.17) is 4.74 Å². The van der Waals surface area contributed by atoms with Crippen LogP contribution in [0.25, 0.3) is 0 Å². The molecule has 0 aliphatic carbocycles. The summed E-state index contributed by atoms with van der Waals surface area (Å²) in [5.41, 5.74) is 0.817. The van der Waals surface area contributed by atoms with Crippen molar-refractivity contribution in [3.63, 3.8) is 0 Å². The molecule has 0 aliphatic heterocycles. The molecule has 0 saturated carbocycles. The largest absolute Gasteiger partial charge is 0.469 e. The maximum absolute atomic E-state index is 11.7. The van der Waals surface area contributed by atoms with Gasteiger partial charge in [-0.15, -0.1) is 0 Å². The highest BCUT2D eigenvalue weighted by atomic mass is 16.5. The van der Waals surface area contributed by atoms with E-state index in [1.807, 2.05) is 30.3 Å². The number of rotatable bonds is 4. The maximum Gasteiger partial charge on any atom is 0.313 e. The molecule has 0 bridgehead atoms. The highest BCUT2D eigenvalue weighted by Gasteiger charge is 2.30. The van der Waals surface area contributed by atoms with Gasteiger partial charge in [-0.05, 0) is 12.5 Å². The lowest BCUT2D eigenvalue weighted by atomic mass is 9.85. The van der Waals surface area contributed by atoms with Crippen LogP contribution in [0.15, 0.2) is 30.3 Å². The van der Waals surface area contributed by atoms with Crippen LogP contribution in [0.5, 0.6) is 0 Å². The molecule has 1 aromatic carbocycles. The number of methoxy groups -OCH3 is 1. The van der Waals surface area contributed by atoms with Gasteiger partial charge in [-0.3, -0.25) is 9.59 Å². The minimum absolute atomic E-state index is 0.0146. The van der Waals surface area contributed by atoms with E-state index >= 15 is 0 Å². The molecule has 0 saturated heterocycles. The Morgan fingerprint density at radius 1 is 1.19 bits per heavy atom. The van der Waals surface area contributed by atoms with Crippen molar-refractivity contribution >= 4 is 11.8 Å². The van der Waals surface area contributed by atoms with Crippen LogP contribution in [0.3, 0.4) is 0 Å². The third-order valence-corrected chi connectivity index (χ3v) is 2.76. The van der Waals surface area contributed by atoms with E-state index in [9.17, 15) is 9.59 Å². The number of Topliss-reactive ketones (excluding diaryl/α,β-unsaturated/α-hetero) is 1. The first-order valence-electron chi connectivity index (χ1n) is 5.21. The molecular formula is C13H16O3. The molecule has 3 nitrogen and oxygen atoms in total. The third-order valence-electron chi connectivity index (χ3n) is 2.76. The molecule has 0 aliphatic rings. The van der Waals surface area contributed by atoms with Crippen molar-refractivity contribution in [2.75, 3.05) is 7.11 Å². The lowest BCUT2D eigenvalue weighted by molar-refractivity contribution is -0.145. The van der Waals surface area contributed by atoms with Crippen LogP contribution in [0.2, 0.25) is 0 Å². The summed E-state index contributed by atoms with van der Waals surface area (Å²) in [6, 6.07) is 9.23. The minimum atomic E-state index is -0.510. The first kappa shape index (κ1) is 12.4. The van der Waals surface area contributed by atoms with Crippen LogP contribution in [-0.2, 0) is 14.3 Å². The molecule has 2 unspecified atom stereocenters. The predicted molar refractivity (Wildman–Crippen MR) is 61.0 cm³/mol. The second kappa shape index (κ2) is 5.45. The van der Waals surface area contributed by atoms with Gasteiger partial charge < -0.3 is 4.74 Å². The number of ketones is 1. The number of hydrogen-bond acceptors (Lipinski definition) is 3. The second-order valence-electron chi connectivity index (χ2n) is 3.81. The molecule has 0 fully saturated rings. The van der Waals surface area contributed by atoms with Crippen LogP contribution in [0.1, 0.15) is 25.3 Å². The Morgan fingerprint density at radius 3 is 2.19 bits per heavy atom. The minimum Gasteiger partial charge on any atom is -0.469 e. The predicted octanol–water partition coefficient (Wildman–Crippen LogP) is 2.17. The molecule has 0 spiro atoms. The van der Waals surface area contributed by atoms with Gasteiger partial charge in [-0.1, -0.05) is 37.3 Å². The van der Waals surface area contributed by atoms with E-state index < -0.39 is 5.92 Å². The number of ether oxygens (including phenoxy) is 1. The first-order valence-corrected chi connectivity index (χ1v) is 5.21. The molecule has 0 radical (unpaired) electrons. The molecule has 3 heteroatoms. The smallest absolute Gasteiger partial charge is 0.313 e. The van der Waals surface area contributed by atoms with E-state index in [1.165, 1.54) is 14.0 Å². The molecule has 2 atom stereocenters. The summed E-state index contributed by atoms with van der Waals surface area (Å²) in [5, 5.41) is 0. The van der Waals surface area contributed by atoms with Gasteiger partial charge in [0.05, 0.1) is 13.0 Å². The zero-order chi connectivity index (χ0) is 12.1. The highest BCUT2D eigenvalue weighted by molar-refractivity contribution is 5.88. The van der Waals surface area contributed by atoms with Gasteiger partial charge in [-0.25, -0.2) is 0 Å². The molecule has 0 amide bonds. The molecule has 0 aromatic heterocycles. The summed E-state index contributed by atoms with van der Waals surface area (Å²) in [4.78, 5) is 23.1. The fraction of sp³-hybridized carbons (Fsp3) is 0.385. The average Bonchev–Trinajstić information content (AvgIpc) is 2.30. The molecule has 0 heterocycles. The number of esters is 1. The standard InChI is InChI=1S/C13H16O3/c1-9(10(2)14)12(13(15)16-3)11-7-5-4-6-8-11/h4-9,12H,1-3H3. The van der Waals surface area contributed by atoms with Gasteiger partial charge in [0, 0.05) is 5.92 Å². The van der Waals surface area contributed by atoms with Gasteiger partial charge in [-0.2, -0.15) is 0 Å². The summed E-state index contributed by atoms with van der Waals surface area (Å²) < 4.78 is 4.75. The Labute approximate surface area is 95.4 Å². The fourth-order valence-corrected chi connectivity index (χ4v) is 1.65. The molecule has 0 N–H and O–H groups in total. The molecule has 1 rings (SSSR count). The maximum atomic E-state index is 11.7. The number of hydrogen-bond donors (Lipinski definition) is 0. The normalized spacial score (nSPS) is 13.9. The Kier molecular flexibility index (Phi) is 4.23. The lowest BCUT2D eigenvalue weighted by Gasteiger charge is -2.19. The van der Waals surface area contributed by atoms with Crippen molar-refractivity contribution in [2.45, 2.75) is 19.8 Å². The van der Waals surface area contributed by atoms with Crippen molar-refractivity contribution < 1.29 is 14.3 Å². The van der Waals surface area contributed by atoms with E-state index in [1.54, 1.807) is 6.92 Å². The van der Waals surface area contributed by atoms with Gasteiger partial charge >= 0.3 is 5.97 Å². The van der Waals surface area contributed by atoms with E-state index in [-0.39, 0.29) is 17.7 Å². The Hall–Kier alpha value is -1.64. The van der Waals surface area contributed by atoms with Gasteiger partial charge in [0.15, 0.2) is 0 Å². The van der Waals surface area contributed by atoms with Gasteiger partial charge in [0.1, 0.15) is 5.78 Å². The van der Waals surface area contributed by atoms with Crippen LogP contribution < -0.4 is 0 Å². The highest BCUT2D eigenvalue weighted by Crippen LogP contribution is 2.26. The summed E-state index contributed by atoms with van der Waals surface area (Å²) in [7, 11) is 1.34. The summed E-state index contributed by atoms with van der Waals surface area (Å²) in [6.07, 6.45) is 0. The topological polar surface area (TPSA) is 43.4 Å². The SMILES string of the molecule is COC(=O)C(c1ccccc1)C(C)C(C)=O. The van der Waals surface area contributed by atoms with Gasteiger partial charge in [0.2, 0.25) is 0 Å². The van der Waals surface area contributed by atoms with E-state index in [0.717, 1.165) is 5.56 Å². The quantitative estimate of drug-likeness (QED) is 0.730. The van der Waals surface area contributed by atoms with Crippen molar-refractivity contribution in [3.8, 4) is 0 Å². The molecular weight excluding hydrogens is 204 g/mol. The average molecular weight is 220 g/mol. The van der Waals surface area contributed by atoms with Crippen LogP contribution in [-0.4, -0.2) is 18.9 Å². The zero-order valence-electron chi connectivity index (χ0n) is 9.77. The fourth-order valence-electron chi connectivity index (χ4n) is 1.65. The van der Waals surface area contributed by atoms with Crippen molar-refractivity contribution in [3.05, 3.63) is 35.9 Å². The Balaban J connectivity index is 3.06. The van der Waals surface area contributed by atoms with Crippen molar-refractivity contribution in [1.82, 2.24) is 0 Å². The van der Waals surface area contributed by atoms with E-state index in [0.29, 0.717) is 0 Å².